The molecular formula is C9H19F. The third kappa shape index (κ3) is 15.7. The summed E-state index contributed by atoms with van der Waals surface area (Å²) >= 11 is 0. The molecule has 1 aliphatic rings. The molecule has 1 aliphatic carbocycles. The fourth-order valence-electron chi connectivity index (χ4n) is 0.393. The van der Waals surface area contributed by atoms with Gasteiger partial charge in [0.1, 0.15) is 0 Å². The molecule has 1 heteroatoms. The summed E-state index contributed by atoms with van der Waals surface area (Å²) in [4.78, 5) is 0. The van der Waals surface area contributed by atoms with Crippen molar-refractivity contribution in [2.24, 2.45) is 0 Å². The SMILES string of the molecule is C1=CCC=C1.CC.CC.F. The molecule has 0 aromatic rings. The summed E-state index contributed by atoms with van der Waals surface area (Å²) < 4.78 is 0. The second-order valence-corrected chi connectivity index (χ2v) is 1.09. The van der Waals surface area contributed by atoms with Gasteiger partial charge in [-0.2, -0.15) is 0 Å². The molecule has 0 aliphatic heterocycles. The van der Waals surface area contributed by atoms with Gasteiger partial charge in [-0.1, -0.05) is 52.0 Å². The first-order valence-electron chi connectivity index (χ1n) is 3.82. The molecule has 0 atom stereocenters. The van der Waals surface area contributed by atoms with Crippen LogP contribution in [0, 0.1) is 0 Å². The molecule has 0 N–H and O–H groups in total. The first kappa shape index (κ1) is 16.2. The average molecular weight is 146 g/mol. The lowest BCUT2D eigenvalue weighted by Gasteiger charge is -1.57. The van der Waals surface area contributed by atoms with Gasteiger partial charge in [0, 0.05) is 0 Å². The van der Waals surface area contributed by atoms with E-state index in [1.807, 2.05) is 27.7 Å². The Hall–Kier alpha value is -0.590. The Labute approximate surface area is 64.0 Å². The van der Waals surface area contributed by atoms with Crippen molar-refractivity contribution in [2.45, 2.75) is 34.1 Å². The number of hydrogen-bond donors (Lipinski definition) is 0. The summed E-state index contributed by atoms with van der Waals surface area (Å²) in [5, 5.41) is 0. The highest BCUT2D eigenvalue weighted by Gasteiger charge is 1.72. The van der Waals surface area contributed by atoms with Crippen molar-refractivity contribution in [1.29, 1.82) is 0 Å². The van der Waals surface area contributed by atoms with Crippen LogP contribution in [0.3, 0.4) is 0 Å². The first-order valence-corrected chi connectivity index (χ1v) is 3.82. The predicted octanol–water partition coefficient (Wildman–Crippen LogP) is 3.71. The Kier molecular flexibility index (Phi) is 38.5. The largest absolute Gasteiger partial charge is 0.269 e. The van der Waals surface area contributed by atoms with Crippen LogP contribution in [-0.2, 0) is 0 Å². The number of rotatable bonds is 0. The lowest BCUT2D eigenvalue weighted by atomic mass is 10.5. The van der Waals surface area contributed by atoms with E-state index >= 15 is 0 Å². The van der Waals surface area contributed by atoms with E-state index in [9.17, 15) is 0 Å². The molecular weight excluding hydrogens is 127 g/mol. The minimum absolute atomic E-state index is 0. The monoisotopic (exact) mass is 146 g/mol. The molecule has 0 saturated carbocycles. The smallest absolute Gasteiger partial charge is 0.0163 e. The van der Waals surface area contributed by atoms with Crippen molar-refractivity contribution in [3.63, 3.8) is 0 Å². The zero-order valence-electron chi connectivity index (χ0n) is 7.42. The van der Waals surface area contributed by atoms with E-state index in [4.69, 9.17) is 0 Å². The third-order valence-electron chi connectivity index (χ3n) is 0.655. The van der Waals surface area contributed by atoms with Crippen molar-refractivity contribution in [3.8, 4) is 0 Å². The quantitative estimate of drug-likeness (QED) is 0.488. The Bertz CT molecular complexity index is 62.8. The van der Waals surface area contributed by atoms with Gasteiger partial charge >= 0.3 is 0 Å². The van der Waals surface area contributed by atoms with Gasteiger partial charge in [0.2, 0.25) is 0 Å². The van der Waals surface area contributed by atoms with Crippen LogP contribution in [0.4, 0.5) is 4.70 Å². The van der Waals surface area contributed by atoms with E-state index in [0.717, 1.165) is 6.42 Å². The summed E-state index contributed by atoms with van der Waals surface area (Å²) in [5.74, 6) is 0. The van der Waals surface area contributed by atoms with E-state index in [0.29, 0.717) is 0 Å². The van der Waals surface area contributed by atoms with Crippen LogP contribution in [0.15, 0.2) is 24.3 Å². The predicted molar refractivity (Wildman–Crippen MR) is 48.1 cm³/mol. The van der Waals surface area contributed by atoms with Crippen molar-refractivity contribution in [3.05, 3.63) is 24.3 Å². The minimum atomic E-state index is 0. The van der Waals surface area contributed by atoms with Crippen LogP contribution in [0.1, 0.15) is 34.1 Å². The van der Waals surface area contributed by atoms with Crippen molar-refractivity contribution in [1.82, 2.24) is 0 Å². The van der Waals surface area contributed by atoms with E-state index < -0.39 is 0 Å². The van der Waals surface area contributed by atoms with Crippen LogP contribution >= 0.6 is 0 Å². The molecule has 0 saturated heterocycles. The van der Waals surface area contributed by atoms with Crippen LogP contribution < -0.4 is 0 Å². The van der Waals surface area contributed by atoms with E-state index in [1.54, 1.807) is 0 Å². The van der Waals surface area contributed by atoms with Gasteiger partial charge in [0.25, 0.3) is 0 Å². The fraction of sp³-hybridized carbons (Fsp3) is 0.556. The average Bonchev–Trinajstić information content (AvgIpc) is 2.51. The highest BCUT2D eigenvalue weighted by Crippen LogP contribution is 1.93. The summed E-state index contributed by atoms with van der Waals surface area (Å²) in [6.45, 7) is 8.00. The van der Waals surface area contributed by atoms with E-state index in [-0.39, 0.29) is 4.70 Å². The fourth-order valence-corrected chi connectivity index (χ4v) is 0.393. The van der Waals surface area contributed by atoms with Gasteiger partial charge in [-0.15, -0.1) is 0 Å². The maximum Gasteiger partial charge on any atom is -0.0163 e. The van der Waals surface area contributed by atoms with Gasteiger partial charge in [0.05, 0.1) is 0 Å². The van der Waals surface area contributed by atoms with Crippen LogP contribution in [-0.4, -0.2) is 0 Å². The Morgan fingerprint density at radius 1 is 0.800 bits per heavy atom. The molecule has 0 nitrogen and oxygen atoms in total. The second kappa shape index (κ2) is 23.7. The molecule has 10 heavy (non-hydrogen) atoms. The topological polar surface area (TPSA) is 0 Å². The summed E-state index contributed by atoms with van der Waals surface area (Å²) in [7, 11) is 0. The molecule has 0 bridgehead atoms. The van der Waals surface area contributed by atoms with Crippen molar-refractivity contribution >= 4 is 0 Å². The van der Waals surface area contributed by atoms with Crippen LogP contribution in [0.25, 0.3) is 0 Å². The highest BCUT2D eigenvalue weighted by molar-refractivity contribution is 5.11. The highest BCUT2D eigenvalue weighted by atomic mass is 19.0. The molecule has 0 heterocycles. The number of allylic oxidation sites excluding steroid dienone is 4. The standard InChI is InChI=1S/C5H6.2C2H6.FH/c1-2-4-5-3-1;2*1-2;/h1-4H,5H2;2*1-2H3;1H. The van der Waals surface area contributed by atoms with Crippen LogP contribution in [0.2, 0.25) is 0 Å². The Balaban J connectivity index is -0.0000000875. The van der Waals surface area contributed by atoms with Gasteiger partial charge in [-0.25, -0.2) is 0 Å². The van der Waals surface area contributed by atoms with Crippen molar-refractivity contribution in [2.75, 3.05) is 0 Å². The summed E-state index contributed by atoms with van der Waals surface area (Å²) in [5.41, 5.74) is 0. The van der Waals surface area contributed by atoms with Gasteiger partial charge in [-0.3, -0.25) is 4.70 Å². The zero-order valence-corrected chi connectivity index (χ0v) is 7.42. The maximum absolute atomic E-state index is 2.12. The van der Waals surface area contributed by atoms with Crippen LogP contribution in [0.5, 0.6) is 0 Å². The molecule has 0 aromatic carbocycles. The molecule has 0 fully saturated rings. The molecule has 0 aromatic heterocycles. The number of hydrogen-bond acceptors (Lipinski definition) is 0. The van der Waals surface area contributed by atoms with Gasteiger partial charge in [0.15, 0.2) is 0 Å². The minimum Gasteiger partial charge on any atom is -0.269 e. The molecule has 0 radical (unpaired) electrons. The molecule has 0 spiro atoms. The lowest BCUT2D eigenvalue weighted by Crippen LogP contribution is -1.37. The maximum atomic E-state index is 2.12. The lowest BCUT2D eigenvalue weighted by molar-refractivity contribution is 1.11. The first-order chi connectivity index (χ1) is 4.50. The second-order valence-electron chi connectivity index (χ2n) is 1.09. The normalized spacial score (nSPS) is 10.0. The molecule has 0 unspecified atom stereocenters. The Morgan fingerprint density at radius 2 is 1.10 bits per heavy atom. The Morgan fingerprint density at radius 3 is 1.20 bits per heavy atom. The zero-order chi connectivity index (χ0) is 7.54. The molecule has 0 amide bonds. The van der Waals surface area contributed by atoms with E-state index in [2.05, 4.69) is 24.3 Å². The molecule has 1 rings (SSSR count). The third-order valence-corrected chi connectivity index (χ3v) is 0.655. The molecule has 62 valence electrons. The van der Waals surface area contributed by atoms with Crippen molar-refractivity contribution < 1.29 is 4.70 Å². The van der Waals surface area contributed by atoms with Gasteiger partial charge in [-0.05, 0) is 6.42 Å². The van der Waals surface area contributed by atoms with Gasteiger partial charge < -0.3 is 0 Å². The summed E-state index contributed by atoms with van der Waals surface area (Å²) in [6.07, 6.45) is 9.50. The number of halogens is 1. The summed E-state index contributed by atoms with van der Waals surface area (Å²) in [6, 6.07) is 0. The van der Waals surface area contributed by atoms with E-state index in [1.165, 1.54) is 0 Å².